The van der Waals surface area contributed by atoms with Gasteiger partial charge in [0.15, 0.2) is 5.78 Å². The second kappa shape index (κ2) is 7.17. The number of aromatic nitrogens is 4. The fourth-order valence-corrected chi connectivity index (χ4v) is 3.91. The molecule has 0 unspecified atom stereocenters. The lowest BCUT2D eigenvalue weighted by Crippen LogP contribution is -2.10. The maximum absolute atomic E-state index is 13.4. The Labute approximate surface area is 155 Å². The van der Waals surface area contributed by atoms with Gasteiger partial charge in [0.1, 0.15) is 11.1 Å². The van der Waals surface area contributed by atoms with Gasteiger partial charge in [-0.15, -0.1) is 5.10 Å². The molecule has 2 aromatic heterocycles. The van der Waals surface area contributed by atoms with Gasteiger partial charge in [0.25, 0.3) is 0 Å². The van der Waals surface area contributed by atoms with Crippen LogP contribution in [0.1, 0.15) is 33.9 Å². The van der Waals surface area contributed by atoms with E-state index in [4.69, 9.17) is 0 Å². The molecule has 0 radical (unpaired) electrons. The van der Waals surface area contributed by atoms with Gasteiger partial charge in [-0.3, -0.25) is 9.89 Å². The quantitative estimate of drug-likeness (QED) is 0.389. The minimum atomic E-state index is -0.407. The molecule has 0 aliphatic rings. The van der Waals surface area contributed by atoms with Gasteiger partial charge in [0, 0.05) is 29.1 Å². The summed E-state index contributed by atoms with van der Waals surface area (Å²) in [5, 5.41) is 8.28. The van der Waals surface area contributed by atoms with Crippen LogP contribution in [0.15, 0.2) is 66.0 Å². The predicted molar refractivity (Wildman–Crippen MR) is 103 cm³/mol. The van der Waals surface area contributed by atoms with E-state index >= 15 is 0 Å². The number of carbonyl (C=O) groups is 1. The van der Waals surface area contributed by atoms with Crippen molar-refractivity contribution in [1.82, 2.24) is 20.2 Å². The molecule has 2 N–H and O–H groups in total. The van der Waals surface area contributed by atoms with Crippen molar-refractivity contribution in [2.45, 2.75) is 23.8 Å². The van der Waals surface area contributed by atoms with Gasteiger partial charge in [-0.2, -0.15) is 0 Å². The molecule has 0 fully saturated rings. The molecule has 0 bridgehead atoms. The number of carbonyl (C=O) groups excluding carboxylic acids is 1. The Morgan fingerprint density at radius 3 is 2.65 bits per heavy atom. The lowest BCUT2D eigenvalue weighted by molar-refractivity contribution is 0.0991. The number of Topliss-reactive ketones (excluding diaryl/α,β-unsaturated/α-hetero) is 1. The van der Waals surface area contributed by atoms with Crippen LogP contribution >= 0.6 is 11.8 Å². The molecule has 4 rings (SSSR count). The maximum atomic E-state index is 13.4. The van der Waals surface area contributed by atoms with Crippen molar-refractivity contribution >= 4 is 28.4 Å². The zero-order valence-corrected chi connectivity index (χ0v) is 15.1. The smallest absolute Gasteiger partial charge is 0.209 e. The van der Waals surface area contributed by atoms with Crippen molar-refractivity contribution in [3.8, 4) is 0 Å². The number of thioether (sulfide) groups is 1. The number of hydrogen-bond donors (Lipinski definition) is 2. The molecule has 4 aromatic rings. The summed E-state index contributed by atoms with van der Waals surface area (Å²) in [5.41, 5.74) is 2.59. The third-order valence-corrected chi connectivity index (χ3v) is 5.38. The first-order valence-corrected chi connectivity index (χ1v) is 9.37. The van der Waals surface area contributed by atoms with Gasteiger partial charge in [-0.25, -0.2) is 4.98 Å². The monoisotopic (exact) mass is 362 g/mol. The molecule has 26 heavy (non-hydrogen) atoms. The number of aromatic amines is 2. The van der Waals surface area contributed by atoms with Crippen molar-refractivity contribution in [2.75, 3.05) is 0 Å². The Morgan fingerprint density at radius 1 is 1.12 bits per heavy atom. The molecule has 130 valence electrons. The Balaban J connectivity index is 1.73. The number of H-pyrrole nitrogens is 2. The summed E-state index contributed by atoms with van der Waals surface area (Å²) in [7, 11) is 0. The molecule has 6 heteroatoms. The Kier molecular flexibility index (Phi) is 4.58. The minimum Gasteiger partial charge on any atom is -0.360 e. The summed E-state index contributed by atoms with van der Waals surface area (Å²) >= 11 is 1.38. The van der Waals surface area contributed by atoms with E-state index in [-0.39, 0.29) is 5.78 Å². The summed E-state index contributed by atoms with van der Waals surface area (Å²) in [4.78, 5) is 21.0. The summed E-state index contributed by atoms with van der Waals surface area (Å²) in [5.74, 6) is 0.861. The average Bonchev–Trinajstić information content (AvgIpc) is 3.33. The molecular formula is C20H18N4OS. The molecule has 2 heterocycles. The molecule has 1 atom stereocenters. The van der Waals surface area contributed by atoms with Crippen LogP contribution in [0.2, 0.25) is 0 Å². The maximum Gasteiger partial charge on any atom is 0.209 e. The number of nitrogens with one attached hydrogen (secondary N) is 2. The molecule has 0 aliphatic carbocycles. The normalized spacial score (nSPS) is 12.3. The first kappa shape index (κ1) is 16.6. The van der Waals surface area contributed by atoms with Gasteiger partial charge in [-0.1, -0.05) is 67.2 Å². The van der Waals surface area contributed by atoms with Crippen molar-refractivity contribution in [3.63, 3.8) is 0 Å². The number of fused-ring (bicyclic) bond motifs is 1. The van der Waals surface area contributed by atoms with Crippen LogP contribution in [0.4, 0.5) is 0 Å². The molecule has 0 spiro atoms. The number of benzene rings is 2. The zero-order valence-electron chi connectivity index (χ0n) is 14.3. The fourth-order valence-electron chi connectivity index (χ4n) is 2.91. The highest BCUT2D eigenvalue weighted by Gasteiger charge is 2.27. The Bertz CT molecular complexity index is 1040. The van der Waals surface area contributed by atoms with E-state index in [2.05, 4.69) is 20.2 Å². The summed E-state index contributed by atoms with van der Waals surface area (Å²) in [6.45, 7) is 2.01. The SMILES string of the molecule is CCc1nc(S[C@@H](C(=O)c2c[nH]c3ccccc23)c2ccccc2)n[nH]1. The standard InChI is InChI=1S/C20H18N4OS/c1-2-17-22-20(24-23-17)26-19(13-8-4-3-5-9-13)18(25)15-12-21-16-11-7-6-10-14(15)16/h3-12,19,21H,2H2,1H3,(H,22,23,24)/t19-/m1/s1. The number of rotatable bonds is 6. The van der Waals surface area contributed by atoms with Gasteiger partial charge < -0.3 is 4.98 Å². The second-order valence-corrected chi connectivity index (χ2v) is 7.01. The van der Waals surface area contributed by atoms with Crippen LogP contribution in [0.5, 0.6) is 0 Å². The molecule has 0 saturated carbocycles. The number of ketones is 1. The largest absolute Gasteiger partial charge is 0.360 e. The summed E-state index contributed by atoms with van der Waals surface area (Å²) in [6, 6.07) is 17.6. The van der Waals surface area contributed by atoms with Crippen LogP contribution in [-0.2, 0) is 6.42 Å². The molecule has 5 nitrogen and oxygen atoms in total. The van der Waals surface area contributed by atoms with E-state index in [1.807, 2.05) is 61.5 Å². The van der Waals surface area contributed by atoms with Gasteiger partial charge in [0.2, 0.25) is 5.16 Å². The van der Waals surface area contributed by atoms with Gasteiger partial charge in [0.05, 0.1) is 0 Å². The fraction of sp³-hybridized carbons (Fsp3) is 0.150. The zero-order chi connectivity index (χ0) is 17.9. The lowest BCUT2D eigenvalue weighted by atomic mass is 10.0. The van der Waals surface area contributed by atoms with E-state index in [1.165, 1.54) is 11.8 Å². The highest BCUT2D eigenvalue weighted by atomic mass is 32.2. The first-order valence-electron chi connectivity index (χ1n) is 8.49. The molecular weight excluding hydrogens is 344 g/mol. The van der Waals surface area contributed by atoms with E-state index < -0.39 is 5.25 Å². The van der Waals surface area contributed by atoms with Crippen molar-refractivity contribution in [3.05, 3.63) is 77.7 Å². The van der Waals surface area contributed by atoms with E-state index in [0.717, 1.165) is 28.7 Å². The number of hydrogen-bond acceptors (Lipinski definition) is 4. The third kappa shape index (κ3) is 3.15. The highest BCUT2D eigenvalue weighted by Crippen LogP contribution is 2.37. The highest BCUT2D eigenvalue weighted by molar-refractivity contribution is 8.00. The van der Waals surface area contributed by atoms with Crippen LogP contribution in [0, 0.1) is 0 Å². The van der Waals surface area contributed by atoms with Gasteiger partial charge in [-0.05, 0) is 11.6 Å². The molecule has 0 aliphatic heterocycles. The third-order valence-electron chi connectivity index (χ3n) is 4.26. The van der Waals surface area contributed by atoms with Crippen LogP contribution < -0.4 is 0 Å². The number of aryl methyl sites for hydroxylation is 1. The summed E-state index contributed by atoms with van der Waals surface area (Å²) in [6.07, 6.45) is 2.57. The Hall–Kier alpha value is -2.86. The second-order valence-electron chi connectivity index (χ2n) is 5.94. The van der Waals surface area contributed by atoms with Crippen LogP contribution in [-0.4, -0.2) is 25.9 Å². The van der Waals surface area contributed by atoms with Crippen molar-refractivity contribution in [1.29, 1.82) is 0 Å². The Morgan fingerprint density at radius 2 is 1.88 bits per heavy atom. The van der Waals surface area contributed by atoms with Crippen LogP contribution in [0.25, 0.3) is 10.9 Å². The average molecular weight is 362 g/mol. The number of nitrogens with zero attached hydrogens (tertiary/aromatic N) is 2. The molecule has 0 saturated heterocycles. The molecule has 0 amide bonds. The van der Waals surface area contributed by atoms with E-state index in [1.54, 1.807) is 6.20 Å². The molecule has 2 aromatic carbocycles. The van der Waals surface area contributed by atoms with Crippen LogP contribution in [0.3, 0.4) is 0 Å². The van der Waals surface area contributed by atoms with E-state index in [9.17, 15) is 4.79 Å². The topological polar surface area (TPSA) is 74.4 Å². The van der Waals surface area contributed by atoms with Crippen molar-refractivity contribution in [2.24, 2.45) is 0 Å². The van der Waals surface area contributed by atoms with Crippen molar-refractivity contribution < 1.29 is 4.79 Å². The van der Waals surface area contributed by atoms with Gasteiger partial charge >= 0.3 is 0 Å². The first-order chi connectivity index (χ1) is 12.8. The minimum absolute atomic E-state index is 0.0431. The lowest BCUT2D eigenvalue weighted by Gasteiger charge is -2.14. The summed E-state index contributed by atoms with van der Waals surface area (Å²) < 4.78 is 0. The number of para-hydroxylation sites is 1. The predicted octanol–water partition coefficient (Wildman–Crippen LogP) is 4.56. The van der Waals surface area contributed by atoms with E-state index in [0.29, 0.717) is 10.7 Å².